The van der Waals surface area contributed by atoms with E-state index in [1.54, 1.807) is 23.9 Å². The molecule has 50 heavy (non-hydrogen) atoms. The minimum atomic E-state index is -0.273. The van der Waals surface area contributed by atoms with Gasteiger partial charge in [0.15, 0.2) is 0 Å². The van der Waals surface area contributed by atoms with Gasteiger partial charge in [0.2, 0.25) is 0 Å². The zero-order chi connectivity index (χ0) is 35.0. The first-order valence-electron chi connectivity index (χ1n) is 17.8. The molecule has 262 valence electrons. The number of fused-ring (bicyclic) bond motifs is 1. The summed E-state index contributed by atoms with van der Waals surface area (Å²) >= 11 is 7.89. The summed E-state index contributed by atoms with van der Waals surface area (Å²) in [5, 5.41) is 4.83. The molecule has 0 unspecified atom stereocenters. The molecule has 1 aliphatic rings. The van der Waals surface area contributed by atoms with Crippen LogP contribution in [0.4, 0.5) is 10.2 Å². The molecule has 0 aliphatic heterocycles. The maximum Gasteiger partial charge on any atom is 0.253 e. The number of aromatic nitrogens is 3. The normalized spacial score (nSPS) is 16.1. The maximum atomic E-state index is 14.3. The summed E-state index contributed by atoms with van der Waals surface area (Å²) < 4.78 is 16.5. The molecule has 0 radical (unpaired) electrons. The molecule has 6 nitrogen and oxygen atoms in total. The molecule has 1 aliphatic carbocycles. The Kier molecular flexibility index (Phi) is 12.1. The van der Waals surface area contributed by atoms with Crippen LogP contribution in [0.5, 0.6) is 0 Å². The first-order valence-corrected chi connectivity index (χ1v) is 19.3. The summed E-state index contributed by atoms with van der Waals surface area (Å²) in [6, 6.07) is 25.3. The largest absolute Gasteiger partial charge is 0.362 e. The SMILES string of the molecule is Cc1c(C(=O)NCC2CCC(CCCc3nc(N(C)C)c4ccccc4n3)CC2)cc(-c2ccccc2)n1CCSCc1c(F)cccc1Cl. The molecule has 2 aromatic heterocycles. The molecule has 5 aromatic rings. The van der Waals surface area contributed by atoms with Gasteiger partial charge in [0.1, 0.15) is 17.5 Å². The summed E-state index contributed by atoms with van der Waals surface area (Å²) in [6.45, 7) is 3.43. The Balaban J connectivity index is 0.998. The first kappa shape index (κ1) is 35.9. The molecular formula is C41H47ClFN5OS. The predicted octanol–water partition coefficient (Wildman–Crippen LogP) is 9.76. The molecule has 0 saturated heterocycles. The van der Waals surface area contributed by atoms with Gasteiger partial charge in [0.25, 0.3) is 5.91 Å². The van der Waals surface area contributed by atoms with Crippen molar-refractivity contribution in [1.82, 2.24) is 19.9 Å². The molecule has 6 rings (SSSR count). The van der Waals surface area contributed by atoms with Gasteiger partial charge in [-0.1, -0.05) is 79.4 Å². The standard InChI is InChI=1S/C41H47ClFN5OS/c1-28-33(25-38(31-12-5-4-6-13-31)48(28)23-24-50-27-34-35(42)15-10-16-36(34)43)41(49)44-26-30-21-19-29(20-22-30)11-9-18-39-45-37-17-8-7-14-32(37)40(46-39)47(2)3/h4-8,10,12-17,25,29-30H,9,11,18-24,26-27H2,1-3H3,(H,44,49). The highest BCUT2D eigenvalue weighted by Crippen LogP contribution is 2.33. The van der Waals surface area contributed by atoms with E-state index in [0.717, 1.165) is 70.9 Å². The van der Waals surface area contributed by atoms with Crippen molar-refractivity contribution < 1.29 is 9.18 Å². The highest BCUT2D eigenvalue weighted by atomic mass is 35.5. The van der Waals surface area contributed by atoms with E-state index in [-0.39, 0.29) is 11.7 Å². The van der Waals surface area contributed by atoms with E-state index in [1.807, 2.05) is 57.4 Å². The highest BCUT2D eigenvalue weighted by molar-refractivity contribution is 7.98. The van der Waals surface area contributed by atoms with Crippen LogP contribution in [0.15, 0.2) is 78.9 Å². The number of aryl methyl sites for hydroxylation is 1. The third kappa shape index (κ3) is 8.70. The van der Waals surface area contributed by atoms with Crippen molar-refractivity contribution in [2.45, 2.75) is 64.2 Å². The zero-order valence-corrected chi connectivity index (χ0v) is 30.9. The van der Waals surface area contributed by atoms with Gasteiger partial charge in [-0.25, -0.2) is 14.4 Å². The molecule has 1 saturated carbocycles. The Morgan fingerprint density at radius 1 is 0.980 bits per heavy atom. The van der Waals surface area contributed by atoms with E-state index in [0.29, 0.717) is 46.8 Å². The topological polar surface area (TPSA) is 63.1 Å². The quantitative estimate of drug-likeness (QED) is 0.116. The lowest BCUT2D eigenvalue weighted by Gasteiger charge is -2.28. The fourth-order valence-corrected chi connectivity index (χ4v) is 8.44. The van der Waals surface area contributed by atoms with Crippen molar-refractivity contribution in [1.29, 1.82) is 0 Å². The van der Waals surface area contributed by atoms with Gasteiger partial charge in [-0.3, -0.25) is 4.79 Å². The Bertz CT molecular complexity index is 1880. The number of thioether (sulfide) groups is 1. The van der Waals surface area contributed by atoms with Crippen LogP contribution in [-0.4, -0.2) is 46.8 Å². The fourth-order valence-electron chi connectivity index (χ4n) is 7.18. The van der Waals surface area contributed by atoms with Gasteiger partial charge in [-0.05, 0) is 73.9 Å². The van der Waals surface area contributed by atoms with Crippen molar-refractivity contribution in [3.05, 3.63) is 112 Å². The van der Waals surface area contributed by atoms with Crippen LogP contribution in [0.25, 0.3) is 22.2 Å². The number of halogens is 2. The Hall–Kier alpha value is -3.88. The smallest absolute Gasteiger partial charge is 0.253 e. The monoisotopic (exact) mass is 711 g/mol. The van der Waals surface area contributed by atoms with E-state index < -0.39 is 0 Å². The van der Waals surface area contributed by atoms with E-state index in [4.69, 9.17) is 21.6 Å². The van der Waals surface area contributed by atoms with E-state index >= 15 is 0 Å². The van der Waals surface area contributed by atoms with Gasteiger partial charge in [0.05, 0.1) is 11.1 Å². The van der Waals surface area contributed by atoms with Crippen molar-refractivity contribution in [2.75, 3.05) is 31.3 Å². The van der Waals surface area contributed by atoms with E-state index in [1.165, 1.54) is 25.3 Å². The lowest BCUT2D eigenvalue weighted by atomic mass is 9.80. The predicted molar refractivity (Wildman–Crippen MR) is 207 cm³/mol. The van der Waals surface area contributed by atoms with Crippen LogP contribution in [-0.2, 0) is 18.7 Å². The summed E-state index contributed by atoms with van der Waals surface area (Å²) in [5.41, 5.74) is 5.30. The molecule has 1 fully saturated rings. The molecule has 0 atom stereocenters. The number of nitrogens with one attached hydrogen (secondary N) is 1. The minimum Gasteiger partial charge on any atom is -0.362 e. The lowest BCUT2D eigenvalue weighted by Crippen LogP contribution is -2.31. The van der Waals surface area contributed by atoms with Crippen molar-refractivity contribution in [2.24, 2.45) is 11.8 Å². The van der Waals surface area contributed by atoms with Crippen molar-refractivity contribution in [3.8, 4) is 11.3 Å². The molecular weight excluding hydrogens is 665 g/mol. The van der Waals surface area contributed by atoms with Gasteiger partial charge in [-0.15, -0.1) is 0 Å². The van der Waals surface area contributed by atoms with Crippen LogP contribution in [0.3, 0.4) is 0 Å². The van der Waals surface area contributed by atoms with Crippen molar-refractivity contribution >= 4 is 46.0 Å². The van der Waals surface area contributed by atoms with Gasteiger partial charge < -0.3 is 14.8 Å². The van der Waals surface area contributed by atoms with Crippen molar-refractivity contribution in [3.63, 3.8) is 0 Å². The van der Waals surface area contributed by atoms with Gasteiger partial charge in [0, 0.05) is 72.5 Å². The molecule has 0 spiro atoms. The average Bonchev–Trinajstić information content (AvgIpc) is 3.46. The number of rotatable bonds is 14. The molecule has 0 bridgehead atoms. The summed E-state index contributed by atoms with van der Waals surface area (Å²) in [7, 11) is 4.07. The Labute approximate surface area is 304 Å². The summed E-state index contributed by atoms with van der Waals surface area (Å²) in [5.74, 6) is 4.10. The Morgan fingerprint density at radius 2 is 1.72 bits per heavy atom. The number of carbonyl (C=O) groups is 1. The van der Waals surface area contributed by atoms with Crippen LogP contribution < -0.4 is 10.2 Å². The summed E-state index contributed by atoms with van der Waals surface area (Å²) in [6.07, 6.45) is 7.85. The number of carbonyl (C=O) groups excluding carboxylic acids is 1. The number of hydrogen-bond acceptors (Lipinski definition) is 5. The zero-order valence-electron chi connectivity index (χ0n) is 29.3. The number of benzene rings is 3. The van der Waals surface area contributed by atoms with E-state index in [2.05, 4.69) is 39.0 Å². The number of para-hydroxylation sites is 1. The molecule has 9 heteroatoms. The van der Waals surface area contributed by atoms with E-state index in [9.17, 15) is 9.18 Å². The third-order valence-electron chi connectivity index (χ3n) is 10.0. The fraction of sp³-hybridized carbons (Fsp3) is 0.390. The average molecular weight is 712 g/mol. The second-order valence-corrected chi connectivity index (χ2v) is 15.2. The van der Waals surface area contributed by atoms with Gasteiger partial charge >= 0.3 is 0 Å². The third-order valence-corrected chi connectivity index (χ3v) is 11.3. The first-order chi connectivity index (χ1) is 24.3. The van der Waals surface area contributed by atoms with Crippen LogP contribution in [0.2, 0.25) is 5.02 Å². The number of anilines is 1. The molecule has 1 N–H and O–H groups in total. The highest BCUT2D eigenvalue weighted by Gasteiger charge is 2.24. The minimum absolute atomic E-state index is 0.0150. The second kappa shape index (κ2) is 16.9. The number of nitrogens with zero attached hydrogens (tertiary/aromatic N) is 4. The second-order valence-electron chi connectivity index (χ2n) is 13.7. The van der Waals surface area contributed by atoms with Crippen LogP contribution >= 0.6 is 23.4 Å². The van der Waals surface area contributed by atoms with Gasteiger partial charge in [-0.2, -0.15) is 11.8 Å². The van der Waals surface area contributed by atoms with Crippen LogP contribution in [0, 0.1) is 24.6 Å². The summed E-state index contributed by atoms with van der Waals surface area (Å²) in [4.78, 5) is 25.4. The Morgan fingerprint density at radius 3 is 2.48 bits per heavy atom. The number of amides is 1. The molecule has 3 aromatic carbocycles. The molecule has 2 heterocycles. The van der Waals surface area contributed by atoms with Crippen LogP contribution in [0.1, 0.15) is 66.0 Å². The molecule has 1 amide bonds. The number of hydrogen-bond donors (Lipinski definition) is 1. The maximum absolute atomic E-state index is 14.3. The lowest BCUT2D eigenvalue weighted by molar-refractivity contribution is 0.0940.